The molecule has 0 aliphatic carbocycles. The summed E-state index contributed by atoms with van der Waals surface area (Å²) in [5.41, 5.74) is -1.09. The first kappa shape index (κ1) is 17.6. The second kappa shape index (κ2) is 6.18. The van der Waals surface area contributed by atoms with Crippen LogP contribution in [0.15, 0.2) is 0 Å². The number of hydrogen-bond acceptors (Lipinski definition) is 4. The molecule has 108 valence electrons. The Morgan fingerprint density at radius 2 is 2.00 bits per heavy atom. The molecule has 1 atom stereocenters. The van der Waals surface area contributed by atoms with Gasteiger partial charge in [0, 0.05) is 25.7 Å². The predicted molar refractivity (Wildman–Crippen MR) is 73.4 cm³/mol. The number of hydrogen-bond donors (Lipinski definition) is 2. The van der Waals surface area contributed by atoms with E-state index in [2.05, 4.69) is 10.0 Å². The van der Waals surface area contributed by atoms with E-state index in [9.17, 15) is 13.2 Å². The molecule has 1 amide bonds. The third-order valence-electron chi connectivity index (χ3n) is 2.63. The Morgan fingerprint density at radius 3 is 2.44 bits per heavy atom. The minimum absolute atomic E-state index is 0. The van der Waals surface area contributed by atoms with Crippen molar-refractivity contribution >= 4 is 28.3 Å². The zero-order valence-electron chi connectivity index (χ0n) is 11.2. The van der Waals surface area contributed by atoms with Crippen molar-refractivity contribution in [3.8, 4) is 0 Å². The predicted octanol–water partition coefficient (Wildman–Crippen LogP) is -0.444. The molecule has 1 aliphatic heterocycles. The van der Waals surface area contributed by atoms with Gasteiger partial charge in [0.05, 0.1) is 6.26 Å². The lowest BCUT2D eigenvalue weighted by Crippen LogP contribution is -2.60. The van der Waals surface area contributed by atoms with Gasteiger partial charge in [-0.3, -0.25) is 4.79 Å². The molecule has 8 heteroatoms. The minimum Gasteiger partial charge on any atom is -0.338 e. The van der Waals surface area contributed by atoms with Crippen LogP contribution in [0.2, 0.25) is 0 Å². The molecule has 1 saturated heterocycles. The lowest BCUT2D eigenvalue weighted by Gasteiger charge is -2.37. The van der Waals surface area contributed by atoms with Gasteiger partial charge in [-0.05, 0) is 20.8 Å². The highest BCUT2D eigenvalue weighted by Crippen LogP contribution is 2.11. The van der Waals surface area contributed by atoms with E-state index in [-0.39, 0.29) is 24.4 Å². The Bertz CT molecular complexity index is 397. The number of halogens is 1. The number of piperazine rings is 1. The Hall–Kier alpha value is -0.370. The molecule has 0 spiro atoms. The largest absolute Gasteiger partial charge is 0.338 e. The Labute approximate surface area is 115 Å². The molecule has 0 aromatic heterocycles. The fourth-order valence-corrected chi connectivity index (χ4v) is 3.03. The maximum atomic E-state index is 12.2. The topological polar surface area (TPSA) is 78.5 Å². The highest BCUT2D eigenvalue weighted by atomic mass is 35.5. The van der Waals surface area contributed by atoms with Gasteiger partial charge in [0.2, 0.25) is 15.9 Å². The first-order valence-electron chi connectivity index (χ1n) is 5.63. The molecular weight excluding hydrogens is 278 g/mol. The monoisotopic (exact) mass is 299 g/mol. The molecule has 0 saturated carbocycles. The van der Waals surface area contributed by atoms with E-state index in [0.29, 0.717) is 13.1 Å². The van der Waals surface area contributed by atoms with E-state index in [0.717, 1.165) is 12.8 Å². The lowest BCUT2D eigenvalue weighted by atomic mass is 10.0. The molecule has 0 bridgehead atoms. The third-order valence-corrected chi connectivity index (χ3v) is 3.51. The molecule has 1 rings (SSSR count). The van der Waals surface area contributed by atoms with E-state index >= 15 is 0 Å². The smallest absolute Gasteiger partial charge is 0.243 e. The molecule has 1 heterocycles. The Morgan fingerprint density at radius 1 is 1.44 bits per heavy atom. The summed E-state index contributed by atoms with van der Waals surface area (Å²) in [5.74, 6) is -0.184. The van der Waals surface area contributed by atoms with Gasteiger partial charge in [0.25, 0.3) is 0 Å². The second-order valence-electron chi connectivity index (χ2n) is 5.11. The van der Waals surface area contributed by atoms with Crippen LogP contribution in [-0.2, 0) is 14.8 Å². The maximum absolute atomic E-state index is 12.2. The van der Waals surface area contributed by atoms with Gasteiger partial charge in [-0.1, -0.05) is 0 Å². The highest BCUT2D eigenvalue weighted by molar-refractivity contribution is 7.88. The van der Waals surface area contributed by atoms with Crippen molar-refractivity contribution in [2.75, 3.05) is 25.9 Å². The zero-order chi connectivity index (χ0) is 13.3. The summed E-state index contributed by atoms with van der Waals surface area (Å²) in [5, 5.41) is 3.23. The first-order chi connectivity index (χ1) is 7.62. The van der Waals surface area contributed by atoms with Crippen molar-refractivity contribution in [3.63, 3.8) is 0 Å². The van der Waals surface area contributed by atoms with Crippen LogP contribution in [0.4, 0.5) is 0 Å². The fourth-order valence-electron chi connectivity index (χ4n) is 2.02. The van der Waals surface area contributed by atoms with E-state index < -0.39 is 15.6 Å². The molecule has 0 aromatic rings. The molecule has 1 fully saturated rings. The van der Waals surface area contributed by atoms with Crippen LogP contribution in [0.25, 0.3) is 0 Å². The molecular formula is C10H22ClN3O3S. The van der Waals surface area contributed by atoms with E-state index in [1.54, 1.807) is 18.7 Å². The van der Waals surface area contributed by atoms with Crippen LogP contribution in [0, 0.1) is 0 Å². The van der Waals surface area contributed by atoms with Crippen molar-refractivity contribution in [3.05, 3.63) is 0 Å². The quantitative estimate of drug-likeness (QED) is 0.740. The van der Waals surface area contributed by atoms with E-state index in [4.69, 9.17) is 0 Å². The summed E-state index contributed by atoms with van der Waals surface area (Å²) in [6.07, 6.45) is 1.06. The third kappa shape index (κ3) is 5.09. The van der Waals surface area contributed by atoms with Crippen LogP contribution >= 0.6 is 12.4 Å². The zero-order valence-corrected chi connectivity index (χ0v) is 12.8. The normalized spacial score (nSPS) is 21.3. The number of carbonyl (C=O) groups excluding carboxylic acids is 1. The Kier molecular flexibility index (Phi) is 6.06. The van der Waals surface area contributed by atoms with Crippen molar-refractivity contribution in [1.82, 2.24) is 14.9 Å². The Balaban J connectivity index is 0.00000289. The van der Waals surface area contributed by atoms with Crippen molar-refractivity contribution in [1.29, 1.82) is 0 Å². The van der Waals surface area contributed by atoms with Gasteiger partial charge < -0.3 is 10.2 Å². The van der Waals surface area contributed by atoms with E-state index in [1.165, 1.54) is 0 Å². The average Bonchev–Trinajstić information content (AvgIpc) is 2.12. The summed E-state index contributed by atoms with van der Waals surface area (Å²) in [6.45, 7) is 7.12. The standard InChI is InChI=1S/C10H21N3O3S.ClH/c1-8-7-13(6-5-11-8)9(14)10(2,3)12-17(4,15)16;/h8,11-12H,5-7H2,1-4H3;1H. The lowest BCUT2D eigenvalue weighted by molar-refractivity contribution is -0.137. The second-order valence-corrected chi connectivity index (χ2v) is 6.85. The summed E-state index contributed by atoms with van der Waals surface area (Å²) in [4.78, 5) is 13.9. The molecule has 6 nitrogen and oxygen atoms in total. The number of carbonyl (C=O) groups is 1. The summed E-state index contributed by atoms with van der Waals surface area (Å²) in [7, 11) is -3.39. The minimum atomic E-state index is -3.39. The molecule has 0 aromatic carbocycles. The van der Waals surface area contributed by atoms with Crippen LogP contribution in [0.5, 0.6) is 0 Å². The molecule has 18 heavy (non-hydrogen) atoms. The number of sulfonamides is 1. The first-order valence-corrected chi connectivity index (χ1v) is 7.53. The van der Waals surface area contributed by atoms with Gasteiger partial charge in [-0.15, -0.1) is 12.4 Å². The van der Waals surface area contributed by atoms with Crippen molar-refractivity contribution in [2.45, 2.75) is 32.4 Å². The van der Waals surface area contributed by atoms with Crippen molar-refractivity contribution < 1.29 is 13.2 Å². The van der Waals surface area contributed by atoms with Crippen LogP contribution < -0.4 is 10.0 Å². The summed E-state index contributed by atoms with van der Waals surface area (Å²) in [6, 6.07) is 0.238. The van der Waals surface area contributed by atoms with E-state index in [1.807, 2.05) is 6.92 Å². The molecule has 1 aliphatic rings. The highest BCUT2D eigenvalue weighted by Gasteiger charge is 2.35. The summed E-state index contributed by atoms with van der Waals surface area (Å²) >= 11 is 0. The molecule has 1 unspecified atom stereocenters. The van der Waals surface area contributed by atoms with Crippen LogP contribution in [-0.4, -0.2) is 56.7 Å². The molecule has 2 N–H and O–H groups in total. The maximum Gasteiger partial charge on any atom is 0.243 e. The van der Waals surface area contributed by atoms with Crippen LogP contribution in [0.1, 0.15) is 20.8 Å². The number of nitrogens with one attached hydrogen (secondary N) is 2. The van der Waals surface area contributed by atoms with Gasteiger partial charge in [-0.25, -0.2) is 13.1 Å². The van der Waals surface area contributed by atoms with Gasteiger partial charge in [0.1, 0.15) is 5.54 Å². The summed E-state index contributed by atoms with van der Waals surface area (Å²) < 4.78 is 24.8. The van der Waals surface area contributed by atoms with Gasteiger partial charge in [0.15, 0.2) is 0 Å². The van der Waals surface area contributed by atoms with Crippen molar-refractivity contribution in [2.24, 2.45) is 0 Å². The SMILES string of the molecule is CC1CN(C(=O)C(C)(C)NS(C)(=O)=O)CCN1.Cl. The average molecular weight is 300 g/mol. The van der Waals surface area contributed by atoms with Gasteiger partial charge in [-0.2, -0.15) is 0 Å². The van der Waals surface area contributed by atoms with Gasteiger partial charge >= 0.3 is 0 Å². The number of amides is 1. The molecule has 0 radical (unpaired) electrons. The van der Waals surface area contributed by atoms with Crippen LogP contribution in [0.3, 0.4) is 0 Å². The fraction of sp³-hybridized carbons (Fsp3) is 0.900. The number of rotatable bonds is 3. The number of nitrogens with zero attached hydrogens (tertiary/aromatic N) is 1.